The summed E-state index contributed by atoms with van der Waals surface area (Å²) in [5, 5.41) is 11.5. The summed E-state index contributed by atoms with van der Waals surface area (Å²) in [6.07, 6.45) is 1.55. The molecule has 4 rings (SSSR count). The zero-order valence-corrected chi connectivity index (χ0v) is 17.3. The van der Waals surface area contributed by atoms with Crippen molar-refractivity contribution in [2.45, 2.75) is 6.04 Å². The molecule has 7 heteroatoms. The molecule has 0 unspecified atom stereocenters. The first-order valence-corrected chi connectivity index (χ1v) is 9.88. The van der Waals surface area contributed by atoms with E-state index in [9.17, 15) is 14.7 Å². The summed E-state index contributed by atoms with van der Waals surface area (Å²) in [5.74, 6) is -1.45. The standard InChI is InChI=1S/C22H14BrClN2O3/c23-15-5-3-4-14(12-15)19-18(20(27)13-7-9-16(24)10-8-13)21(28)22(29)26(19)17-6-1-2-11-25-17/h1-12,19,27H/b20-18+/t19-/m1/s1. The minimum Gasteiger partial charge on any atom is -0.507 e. The first kappa shape index (κ1) is 19.4. The van der Waals surface area contributed by atoms with Crippen molar-refractivity contribution in [2.24, 2.45) is 0 Å². The molecule has 0 spiro atoms. The number of ketones is 1. The minimum atomic E-state index is -0.821. The van der Waals surface area contributed by atoms with Gasteiger partial charge in [0.25, 0.3) is 5.78 Å². The Morgan fingerprint density at radius 2 is 1.79 bits per heavy atom. The van der Waals surface area contributed by atoms with E-state index in [-0.39, 0.29) is 11.3 Å². The quantitative estimate of drug-likeness (QED) is 0.328. The van der Waals surface area contributed by atoms with E-state index in [0.29, 0.717) is 22.0 Å². The van der Waals surface area contributed by atoms with Crippen LogP contribution in [0, 0.1) is 0 Å². The predicted molar refractivity (Wildman–Crippen MR) is 115 cm³/mol. The highest BCUT2D eigenvalue weighted by atomic mass is 79.9. The summed E-state index contributed by atoms with van der Waals surface area (Å²) >= 11 is 9.36. The first-order chi connectivity index (χ1) is 14.0. The van der Waals surface area contributed by atoms with Gasteiger partial charge in [-0.1, -0.05) is 45.7 Å². The molecule has 5 nitrogen and oxygen atoms in total. The van der Waals surface area contributed by atoms with Crippen molar-refractivity contribution in [3.63, 3.8) is 0 Å². The van der Waals surface area contributed by atoms with Crippen LogP contribution in [0.25, 0.3) is 5.76 Å². The number of hydrogen-bond acceptors (Lipinski definition) is 4. The highest BCUT2D eigenvalue weighted by Gasteiger charge is 2.47. The maximum Gasteiger partial charge on any atom is 0.301 e. The summed E-state index contributed by atoms with van der Waals surface area (Å²) in [7, 11) is 0. The summed E-state index contributed by atoms with van der Waals surface area (Å²) in [6.45, 7) is 0. The molecule has 1 amide bonds. The van der Waals surface area contributed by atoms with Gasteiger partial charge in [-0.25, -0.2) is 4.98 Å². The van der Waals surface area contributed by atoms with Crippen LogP contribution in [0.2, 0.25) is 5.02 Å². The average molecular weight is 470 g/mol. The number of pyridine rings is 1. The van der Waals surface area contributed by atoms with Gasteiger partial charge < -0.3 is 5.11 Å². The van der Waals surface area contributed by atoms with E-state index in [1.165, 1.54) is 4.90 Å². The van der Waals surface area contributed by atoms with Crippen LogP contribution in [0.1, 0.15) is 17.2 Å². The number of aromatic nitrogens is 1. The van der Waals surface area contributed by atoms with E-state index in [1.54, 1.807) is 60.8 Å². The monoisotopic (exact) mass is 468 g/mol. The molecule has 1 aromatic heterocycles. The molecule has 0 aliphatic carbocycles. The maximum atomic E-state index is 13.0. The van der Waals surface area contributed by atoms with Crippen LogP contribution in [-0.4, -0.2) is 21.8 Å². The smallest absolute Gasteiger partial charge is 0.301 e. The molecule has 0 saturated carbocycles. The Balaban J connectivity index is 1.95. The Kier molecular flexibility index (Phi) is 5.22. The van der Waals surface area contributed by atoms with Gasteiger partial charge in [0.2, 0.25) is 0 Å². The number of nitrogens with zero attached hydrogens (tertiary/aromatic N) is 2. The first-order valence-electron chi connectivity index (χ1n) is 8.71. The number of aliphatic hydroxyl groups excluding tert-OH is 1. The molecule has 1 atom stereocenters. The van der Waals surface area contributed by atoms with Gasteiger partial charge in [0.05, 0.1) is 11.6 Å². The van der Waals surface area contributed by atoms with E-state index in [1.807, 2.05) is 12.1 Å². The molecule has 2 aromatic carbocycles. The molecular weight excluding hydrogens is 456 g/mol. The fourth-order valence-corrected chi connectivity index (χ4v) is 3.86. The molecule has 0 radical (unpaired) electrons. The molecule has 1 N–H and O–H groups in total. The third kappa shape index (κ3) is 3.57. The largest absolute Gasteiger partial charge is 0.507 e. The molecule has 1 fully saturated rings. The van der Waals surface area contributed by atoms with Gasteiger partial charge in [0.1, 0.15) is 11.6 Å². The van der Waals surface area contributed by atoms with Crippen molar-refractivity contribution in [3.8, 4) is 0 Å². The van der Waals surface area contributed by atoms with Crippen molar-refractivity contribution in [1.29, 1.82) is 0 Å². The van der Waals surface area contributed by atoms with E-state index < -0.39 is 17.7 Å². The number of benzene rings is 2. The molecular formula is C22H14BrClN2O3. The normalized spacial score (nSPS) is 18.3. The second kappa shape index (κ2) is 7.81. The molecule has 0 bridgehead atoms. The van der Waals surface area contributed by atoms with Gasteiger partial charge in [-0.05, 0) is 54.1 Å². The van der Waals surface area contributed by atoms with Crippen LogP contribution in [0.4, 0.5) is 5.82 Å². The van der Waals surface area contributed by atoms with Crippen molar-refractivity contribution in [1.82, 2.24) is 4.98 Å². The Morgan fingerprint density at radius 1 is 1.03 bits per heavy atom. The number of carbonyl (C=O) groups is 2. The molecule has 1 saturated heterocycles. The second-order valence-electron chi connectivity index (χ2n) is 6.42. The van der Waals surface area contributed by atoms with E-state index in [0.717, 1.165) is 4.47 Å². The summed E-state index contributed by atoms with van der Waals surface area (Å²) in [4.78, 5) is 31.5. The topological polar surface area (TPSA) is 70.5 Å². The fourth-order valence-electron chi connectivity index (χ4n) is 3.32. The Bertz CT molecular complexity index is 1130. The number of carbonyl (C=O) groups excluding carboxylic acids is 2. The highest BCUT2D eigenvalue weighted by molar-refractivity contribution is 9.10. The summed E-state index contributed by atoms with van der Waals surface area (Å²) in [5.41, 5.74) is 1.06. The summed E-state index contributed by atoms with van der Waals surface area (Å²) in [6, 6.07) is 18.0. The lowest BCUT2D eigenvalue weighted by atomic mass is 9.95. The Morgan fingerprint density at radius 3 is 2.45 bits per heavy atom. The SMILES string of the molecule is O=C1C(=O)N(c2ccccn2)[C@H](c2cccc(Br)c2)/C1=C(\O)c1ccc(Cl)cc1. The molecule has 1 aliphatic rings. The number of aliphatic hydroxyl groups is 1. The van der Waals surface area contributed by atoms with Crippen LogP contribution in [0.15, 0.2) is 83.0 Å². The highest BCUT2D eigenvalue weighted by Crippen LogP contribution is 2.42. The van der Waals surface area contributed by atoms with Crippen molar-refractivity contribution in [3.05, 3.63) is 99.1 Å². The third-order valence-corrected chi connectivity index (χ3v) is 5.37. The van der Waals surface area contributed by atoms with Gasteiger partial charge in [-0.2, -0.15) is 0 Å². The molecule has 29 heavy (non-hydrogen) atoms. The van der Waals surface area contributed by atoms with Crippen molar-refractivity contribution >= 4 is 50.8 Å². The van der Waals surface area contributed by atoms with Gasteiger partial charge in [0.15, 0.2) is 0 Å². The lowest BCUT2D eigenvalue weighted by Crippen LogP contribution is -2.30. The van der Waals surface area contributed by atoms with Gasteiger partial charge in [-0.15, -0.1) is 0 Å². The predicted octanol–water partition coefficient (Wildman–Crippen LogP) is 5.12. The van der Waals surface area contributed by atoms with E-state index >= 15 is 0 Å². The number of rotatable bonds is 3. The second-order valence-corrected chi connectivity index (χ2v) is 7.77. The zero-order chi connectivity index (χ0) is 20.5. The van der Waals surface area contributed by atoms with Crippen LogP contribution < -0.4 is 4.90 Å². The van der Waals surface area contributed by atoms with Crippen LogP contribution in [0.3, 0.4) is 0 Å². The number of Topliss-reactive ketones (excluding diaryl/α,β-unsaturated/α-hetero) is 1. The Hall–Kier alpha value is -2.96. The number of anilines is 1. The summed E-state index contributed by atoms with van der Waals surface area (Å²) < 4.78 is 0.785. The zero-order valence-electron chi connectivity index (χ0n) is 14.9. The lowest BCUT2D eigenvalue weighted by molar-refractivity contribution is -0.132. The van der Waals surface area contributed by atoms with Crippen LogP contribution >= 0.6 is 27.5 Å². The fraction of sp³-hybridized carbons (Fsp3) is 0.0455. The average Bonchev–Trinajstić information content (AvgIpc) is 2.99. The van der Waals surface area contributed by atoms with Crippen molar-refractivity contribution in [2.75, 3.05) is 4.90 Å². The van der Waals surface area contributed by atoms with Gasteiger partial charge >= 0.3 is 5.91 Å². The van der Waals surface area contributed by atoms with Crippen LogP contribution in [0.5, 0.6) is 0 Å². The molecule has 144 valence electrons. The van der Waals surface area contributed by atoms with Crippen LogP contribution in [-0.2, 0) is 9.59 Å². The molecule has 2 heterocycles. The lowest BCUT2D eigenvalue weighted by Gasteiger charge is -2.24. The number of amides is 1. The van der Waals surface area contributed by atoms with E-state index in [4.69, 9.17) is 11.6 Å². The van der Waals surface area contributed by atoms with Gasteiger partial charge in [0, 0.05) is 21.3 Å². The minimum absolute atomic E-state index is 0.000996. The number of hydrogen-bond donors (Lipinski definition) is 1. The van der Waals surface area contributed by atoms with E-state index in [2.05, 4.69) is 20.9 Å². The maximum absolute atomic E-state index is 13.0. The Labute approximate surface area is 180 Å². The molecule has 1 aliphatic heterocycles. The molecule has 3 aromatic rings. The van der Waals surface area contributed by atoms with Gasteiger partial charge in [-0.3, -0.25) is 14.5 Å². The van der Waals surface area contributed by atoms with Crippen molar-refractivity contribution < 1.29 is 14.7 Å². The third-order valence-electron chi connectivity index (χ3n) is 4.62. The number of halogens is 2.